The maximum absolute atomic E-state index is 12.2. The van der Waals surface area contributed by atoms with Crippen molar-refractivity contribution in [3.05, 3.63) is 35.4 Å². The van der Waals surface area contributed by atoms with E-state index in [0.29, 0.717) is 6.54 Å². The van der Waals surface area contributed by atoms with E-state index in [0.717, 1.165) is 12.0 Å². The summed E-state index contributed by atoms with van der Waals surface area (Å²) in [5, 5.41) is 3.27. The number of benzene rings is 1. The second kappa shape index (κ2) is 6.72. The molecule has 0 aliphatic carbocycles. The second-order valence-corrected chi connectivity index (χ2v) is 5.24. The number of hydrogen-bond acceptors (Lipinski definition) is 4. The predicted molar refractivity (Wildman–Crippen MR) is 79.5 cm³/mol. The van der Waals surface area contributed by atoms with E-state index in [1.165, 1.54) is 12.7 Å². The zero-order chi connectivity index (χ0) is 15.4. The molecule has 114 valence electrons. The van der Waals surface area contributed by atoms with Gasteiger partial charge in [0.15, 0.2) is 0 Å². The molecule has 0 saturated carbocycles. The highest BCUT2D eigenvalue weighted by Gasteiger charge is 2.36. The molecule has 1 N–H and O–H groups in total. The molecule has 1 aliphatic heterocycles. The zero-order valence-corrected chi connectivity index (χ0v) is 12.8. The topological polar surface area (TPSA) is 58.6 Å². The summed E-state index contributed by atoms with van der Waals surface area (Å²) in [6.07, 6.45) is 1.02. The van der Waals surface area contributed by atoms with Crippen LogP contribution in [0.15, 0.2) is 24.3 Å². The van der Waals surface area contributed by atoms with Gasteiger partial charge in [0.1, 0.15) is 6.17 Å². The van der Waals surface area contributed by atoms with Crippen LogP contribution in [0.25, 0.3) is 0 Å². The molecule has 1 aliphatic rings. The van der Waals surface area contributed by atoms with Crippen LogP contribution in [0.5, 0.6) is 0 Å². The Morgan fingerprint density at radius 3 is 2.57 bits per heavy atom. The highest BCUT2D eigenvalue weighted by Crippen LogP contribution is 2.25. The van der Waals surface area contributed by atoms with Gasteiger partial charge in [-0.25, -0.2) is 0 Å². The molecule has 1 saturated heterocycles. The Morgan fingerprint density at radius 1 is 1.33 bits per heavy atom. The number of nitrogens with one attached hydrogen (secondary N) is 1. The van der Waals surface area contributed by atoms with Crippen molar-refractivity contribution >= 4 is 11.9 Å². The largest absolute Gasteiger partial charge is 0.469 e. The van der Waals surface area contributed by atoms with E-state index in [2.05, 4.69) is 29.1 Å². The van der Waals surface area contributed by atoms with E-state index in [1.807, 2.05) is 19.1 Å². The third kappa shape index (κ3) is 3.42. The molecule has 2 atom stereocenters. The zero-order valence-electron chi connectivity index (χ0n) is 12.8. The van der Waals surface area contributed by atoms with Crippen molar-refractivity contribution in [3.8, 4) is 0 Å². The quantitative estimate of drug-likeness (QED) is 0.837. The van der Waals surface area contributed by atoms with Crippen LogP contribution in [0.2, 0.25) is 0 Å². The highest BCUT2D eigenvalue weighted by atomic mass is 16.5. The molecule has 1 amide bonds. The summed E-state index contributed by atoms with van der Waals surface area (Å²) in [6, 6.07) is 7.98. The van der Waals surface area contributed by atoms with Crippen molar-refractivity contribution in [1.82, 2.24) is 10.2 Å². The van der Waals surface area contributed by atoms with Gasteiger partial charge in [0, 0.05) is 6.54 Å². The minimum absolute atomic E-state index is 0.0171. The van der Waals surface area contributed by atoms with E-state index in [9.17, 15) is 9.59 Å². The molecule has 2 unspecified atom stereocenters. The van der Waals surface area contributed by atoms with Crippen LogP contribution in [0, 0.1) is 0 Å². The lowest BCUT2D eigenvalue weighted by Crippen LogP contribution is -2.32. The van der Waals surface area contributed by atoms with Gasteiger partial charge in [-0.3, -0.25) is 14.9 Å². The Bertz CT molecular complexity index is 513. The van der Waals surface area contributed by atoms with Crippen LogP contribution in [0.3, 0.4) is 0 Å². The Morgan fingerprint density at radius 2 is 2.00 bits per heavy atom. The Labute approximate surface area is 125 Å². The number of nitrogens with zero attached hydrogens (tertiary/aromatic N) is 1. The standard InChI is InChI=1S/C16H22N2O3/c1-4-12-5-7-13(8-6-12)15-17-11(2)16(20)18(15)10-9-14(19)21-3/h5-8,11,15,17H,4,9-10H2,1-3H3. The first-order valence-electron chi connectivity index (χ1n) is 7.29. The van der Waals surface area contributed by atoms with Crippen LogP contribution < -0.4 is 5.32 Å². The summed E-state index contributed by atoms with van der Waals surface area (Å²) in [4.78, 5) is 25.2. The van der Waals surface area contributed by atoms with Gasteiger partial charge in [0.25, 0.3) is 0 Å². The molecule has 1 fully saturated rings. The van der Waals surface area contributed by atoms with Crippen LogP contribution in [0.4, 0.5) is 0 Å². The SMILES string of the molecule is CCc1ccc(C2NC(C)C(=O)N2CCC(=O)OC)cc1. The smallest absolute Gasteiger partial charge is 0.307 e. The molecule has 0 aromatic heterocycles. The fourth-order valence-electron chi connectivity index (χ4n) is 2.54. The van der Waals surface area contributed by atoms with Crippen molar-refractivity contribution in [1.29, 1.82) is 0 Å². The van der Waals surface area contributed by atoms with Gasteiger partial charge in [0.2, 0.25) is 5.91 Å². The fourth-order valence-corrected chi connectivity index (χ4v) is 2.54. The monoisotopic (exact) mass is 290 g/mol. The number of aryl methyl sites for hydroxylation is 1. The average Bonchev–Trinajstić information content (AvgIpc) is 2.80. The first-order chi connectivity index (χ1) is 10.1. The van der Waals surface area contributed by atoms with Crippen LogP contribution in [-0.4, -0.2) is 36.5 Å². The van der Waals surface area contributed by atoms with E-state index < -0.39 is 0 Å². The number of rotatable bonds is 5. The molecule has 21 heavy (non-hydrogen) atoms. The van der Waals surface area contributed by atoms with Gasteiger partial charge in [-0.15, -0.1) is 0 Å². The number of amides is 1. The molecule has 1 aromatic rings. The third-order valence-corrected chi connectivity index (χ3v) is 3.86. The van der Waals surface area contributed by atoms with Gasteiger partial charge in [-0.1, -0.05) is 31.2 Å². The van der Waals surface area contributed by atoms with Crippen molar-refractivity contribution in [2.75, 3.05) is 13.7 Å². The van der Waals surface area contributed by atoms with Crippen LogP contribution >= 0.6 is 0 Å². The molecule has 1 heterocycles. The Hall–Kier alpha value is -1.88. The van der Waals surface area contributed by atoms with Gasteiger partial charge in [-0.2, -0.15) is 0 Å². The number of methoxy groups -OCH3 is 1. The maximum atomic E-state index is 12.2. The number of carbonyl (C=O) groups excluding carboxylic acids is 2. The predicted octanol–water partition coefficient (Wildman–Crippen LogP) is 1.63. The number of esters is 1. The normalized spacial score (nSPS) is 21.7. The van der Waals surface area contributed by atoms with Crippen LogP contribution in [-0.2, 0) is 20.7 Å². The second-order valence-electron chi connectivity index (χ2n) is 5.24. The maximum Gasteiger partial charge on any atom is 0.307 e. The molecular weight excluding hydrogens is 268 g/mol. The Balaban J connectivity index is 2.14. The van der Waals surface area contributed by atoms with E-state index in [-0.39, 0.29) is 30.5 Å². The minimum atomic E-state index is -0.303. The van der Waals surface area contributed by atoms with Crippen molar-refractivity contribution in [2.45, 2.75) is 38.9 Å². The summed E-state index contributed by atoms with van der Waals surface area (Å²) in [5.41, 5.74) is 2.30. The van der Waals surface area contributed by atoms with Crippen molar-refractivity contribution in [2.24, 2.45) is 0 Å². The van der Waals surface area contributed by atoms with Crippen molar-refractivity contribution in [3.63, 3.8) is 0 Å². The molecule has 0 radical (unpaired) electrons. The molecular formula is C16H22N2O3. The molecule has 0 bridgehead atoms. The molecule has 5 heteroatoms. The number of hydrogen-bond donors (Lipinski definition) is 1. The first-order valence-corrected chi connectivity index (χ1v) is 7.29. The summed E-state index contributed by atoms with van der Waals surface area (Å²) >= 11 is 0. The highest BCUT2D eigenvalue weighted by molar-refractivity contribution is 5.84. The minimum Gasteiger partial charge on any atom is -0.469 e. The summed E-state index contributed by atoms with van der Waals surface area (Å²) in [5.74, 6) is -0.286. The average molecular weight is 290 g/mol. The lowest BCUT2D eigenvalue weighted by molar-refractivity contribution is -0.141. The van der Waals surface area contributed by atoms with Gasteiger partial charge in [0.05, 0.1) is 19.6 Å². The molecule has 1 aromatic carbocycles. The number of carbonyl (C=O) groups is 2. The van der Waals surface area contributed by atoms with E-state index in [4.69, 9.17) is 0 Å². The summed E-state index contributed by atoms with van der Waals surface area (Å²) in [7, 11) is 1.36. The van der Waals surface area contributed by atoms with Crippen LogP contribution in [0.1, 0.15) is 37.6 Å². The van der Waals surface area contributed by atoms with Gasteiger partial charge < -0.3 is 9.64 Å². The number of ether oxygens (including phenoxy) is 1. The van der Waals surface area contributed by atoms with Crippen molar-refractivity contribution < 1.29 is 14.3 Å². The summed E-state index contributed by atoms with van der Waals surface area (Å²) < 4.78 is 4.65. The van der Waals surface area contributed by atoms with E-state index >= 15 is 0 Å². The first kappa shape index (κ1) is 15.5. The summed E-state index contributed by atoms with van der Waals surface area (Å²) in [6.45, 7) is 4.31. The lowest BCUT2D eigenvalue weighted by atomic mass is 10.1. The third-order valence-electron chi connectivity index (χ3n) is 3.86. The Kier molecular flexibility index (Phi) is 4.96. The fraction of sp³-hybridized carbons (Fsp3) is 0.500. The molecule has 5 nitrogen and oxygen atoms in total. The molecule has 0 spiro atoms. The van der Waals surface area contributed by atoms with Gasteiger partial charge in [-0.05, 0) is 24.5 Å². The van der Waals surface area contributed by atoms with Gasteiger partial charge >= 0.3 is 5.97 Å². The van der Waals surface area contributed by atoms with E-state index in [1.54, 1.807) is 4.90 Å². The molecule has 2 rings (SSSR count). The lowest BCUT2D eigenvalue weighted by Gasteiger charge is -2.24.